The molecule has 1 heterocycles. The van der Waals surface area contributed by atoms with Gasteiger partial charge in [-0.05, 0) is 56.6 Å². The van der Waals surface area contributed by atoms with Gasteiger partial charge in [0.1, 0.15) is 0 Å². The lowest BCUT2D eigenvalue weighted by Gasteiger charge is -2.26. The summed E-state index contributed by atoms with van der Waals surface area (Å²) in [6, 6.07) is 10.9. The number of morpholine rings is 1. The van der Waals surface area contributed by atoms with Crippen LogP contribution < -0.4 is 20.9 Å². The summed E-state index contributed by atoms with van der Waals surface area (Å²) in [7, 11) is 3.79. The van der Waals surface area contributed by atoms with Crippen molar-refractivity contribution in [2.45, 2.75) is 20.3 Å². The standard InChI is InChI=1S/C25H35N5O3/c1-18-6-8-22(19(2)16-18)28-25(32)27-20-7-9-23(29(3)4)21(17-20)24(31)26-10-5-11-30-12-14-33-15-13-30/h6-9,16-17H,5,10-15H2,1-4H3,(H,26,31)(H2,27,28,32). The molecule has 0 bridgehead atoms. The Labute approximate surface area is 196 Å². The van der Waals surface area contributed by atoms with Crippen LogP contribution in [0.5, 0.6) is 0 Å². The van der Waals surface area contributed by atoms with Crippen LogP contribution >= 0.6 is 0 Å². The van der Waals surface area contributed by atoms with Crippen molar-refractivity contribution in [2.24, 2.45) is 0 Å². The third-order valence-electron chi connectivity index (χ3n) is 5.65. The largest absolute Gasteiger partial charge is 0.379 e. The number of hydrogen-bond acceptors (Lipinski definition) is 5. The zero-order chi connectivity index (χ0) is 23.8. The Hall–Kier alpha value is -3.10. The fourth-order valence-electron chi connectivity index (χ4n) is 3.85. The first-order valence-electron chi connectivity index (χ1n) is 11.4. The third-order valence-corrected chi connectivity index (χ3v) is 5.65. The molecule has 0 atom stereocenters. The number of anilines is 3. The summed E-state index contributed by atoms with van der Waals surface area (Å²) in [5.41, 5.74) is 4.75. The minimum absolute atomic E-state index is 0.154. The van der Waals surface area contributed by atoms with Gasteiger partial charge >= 0.3 is 6.03 Å². The normalized spacial score (nSPS) is 13.9. The molecular formula is C25H35N5O3. The first kappa shape index (κ1) is 24.5. The van der Waals surface area contributed by atoms with E-state index in [-0.39, 0.29) is 11.9 Å². The molecule has 0 spiro atoms. The number of aryl methyl sites for hydroxylation is 2. The van der Waals surface area contributed by atoms with Gasteiger partial charge in [-0.3, -0.25) is 9.69 Å². The highest BCUT2D eigenvalue weighted by Gasteiger charge is 2.16. The van der Waals surface area contributed by atoms with Gasteiger partial charge in [-0.15, -0.1) is 0 Å². The van der Waals surface area contributed by atoms with Gasteiger partial charge in [-0.2, -0.15) is 0 Å². The van der Waals surface area contributed by atoms with Gasteiger partial charge in [0.15, 0.2) is 0 Å². The Bertz CT molecular complexity index is 971. The molecule has 0 aliphatic carbocycles. The van der Waals surface area contributed by atoms with Crippen LogP contribution in [0.1, 0.15) is 27.9 Å². The molecule has 0 aromatic heterocycles. The van der Waals surface area contributed by atoms with Crippen LogP contribution in [0.3, 0.4) is 0 Å². The second-order valence-corrected chi connectivity index (χ2v) is 8.59. The lowest BCUT2D eigenvalue weighted by molar-refractivity contribution is 0.0374. The summed E-state index contributed by atoms with van der Waals surface area (Å²) < 4.78 is 5.37. The van der Waals surface area contributed by atoms with Crippen molar-refractivity contribution in [1.29, 1.82) is 0 Å². The first-order chi connectivity index (χ1) is 15.8. The molecule has 1 saturated heterocycles. The molecule has 178 valence electrons. The molecule has 3 amide bonds. The maximum Gasteiger partial charge on any atom is 0.323 e. The smallest absolute Gasteiger partial charge is 0.323 e. The first-order valence-corrected chi connectivity index (χ1v) is 11.4. The number of amides is 3. The van der Waals surface area contributed by atoms with Crippen LogP contribution in [0.15, 0.2) is 36.4 Å². The maximum atomic E-state index is 12.9. The number of nitrogens with one attached hydrogen (secondary N) is 3. The molecule has 8 heteroatoms. The average molecular weight is 454 g/mol. The summed E-state index contributed by atoms with van der Waals surface area (Å²) in [6.45, 7) is 8.92. The van der Waals surface area contributed by atoms with Gasteiger partial charge in [0.2, 0.25) is 0 Å². The molecule has 3 N–H and O–H groups in total. The summed E-state index contributed by atoms with van der Waals surface area (Å²) in [4.78, 5) is 29.7. The van der Waals surface area contributed by atoms with Crippen LogP contribution in [0, 0.1) is 13.8 Å². The van der Waals surface area contributed by atoms with E-state index in [9.17, 15) is 9.59 Å². The Balaban J connectivity index is 1.60. The zero-order valence-electron chi connectivity index (χ0n) is 20.0. The lowest BCUT2D eigenvalue weighted by Crippen LogP contribution is -2.38. The van der Waals surface area contributed by atoms with E-state index < -0.39 is 0 Å². The number of urea groups is 1. The molecule has 33 heavy (non-hydrogen) atoms. The van der Waals surface area contributed by atoms with E-state index in [0.29, 0.717) is 17.8 Å². The topological polar surface area (TPSA) is 85.9 Å². The molecule has 0 saturated carbocycles. The van der Waals surface area contributed by atoms with Crippen LogP contribution in [0.4, 0.5) is 21.9 Å². The predicted molar refractivity (Wildman–Crippen MR) is 134 cm³/mol. The van der Waals surface area contributed by atoms with Crippen molar-refractivity contribution >= 4 is 29.0 Å². The second-order valence-electron chi connectivity index (χ2n) is 8.59. The van der Waals surface area contributed by atoms with Gasteiger partial charge in [0.25, 0.3) is 5.91 Å². The van der Waals surface area contributed by atoms with Crippen molar-refractivity contribution < 1.29 is 14.3 Å². The molecular weight excluding hydrogens is 418 g/mol. The number of nitrogens with zero attached hydrogens (tertiary/aromatic N) is 2. The zero-order valence-corrected chi connectivity index (χ0v) is 20.0. The number of hydrogen-bond donors (Lipinski definition) is 3. The van der Waals surface area contributed by atoms with Crippen molar-refractivity contribution in [3.05, 3.63) is 53.1 Å². The van der Waals surface area contributed by atoms with Crippen LogP contribution in [-0.2, 0) is 4.74 Å². The van der Waals surface area contributed by atoms with Gasteiger partial charge in [0, 0.05) is 50.8 Å². The van der Waals surface area contributed by atoms with Crippen molar-refractivity contribution in [3.63, 3.8) is 0 Å². The molecule has 0 radical (unpaired) electrons. The van der Waals surface area contributed by atoms with Crippen molar-refractivity contribution in [1.82, 2.24) is 10.2 Å². The van der Waals surface area contributed by atoms with E-state index in [1.807, 2.05) is 57.1 Å². The predicted octanol–water partition coefficient (Wildman–Crippen LogP) is 3.47. The van der Waals surface area contributed by atoms with Crippen molar-refractivity contribution in [2.75, 3.05) is 69.0 Å². The van der Waals surface area contributed by atoms with Gasteiger partial charge in [-0.1, -0.05) is 17.7 Å². The Morgan fingerprint density at radius 2 is 1.79 bits per heavy atom. The SMILES string of the molecule is Cc1ccc(NC(=O)Nc2ccc(N(C)C)c(C(=O)NCCCN3CCOCC3)c2)c(C)c1. The quantitative estimate of drug-likeness (QED) is 0.533. The van der Waals surface area contributed by atoms with Gasteiger partial charge in [0.05, 0.1) is 18.8 Å². The fraction of sp³-hybridized carbons (Fsp3) is 0.440. The Morgan fingerprint density at radius 3 is 2.48 bits per heavy atom. The Morgan fingerprint density at radius 1 is 1.03 bits per heavy atom. The Kier molecular flexibility index (Phi) is 8.68. The molecule has 0 unspecified atom stereocenters. The highest BCUT2D eigenvalue weighted by molar-refractivity contribution is 6.04. The molecule has 2 aromatic rings. The summed E-state index contributed by atoms with van der Waals surface area (Å²) in [6.07, 6.45) is 0.874. The summed E-state index contributed by atoms with van der Waals surface area (Å²) in [5.74, 6) is -0.154. The minimum Gasteiger partial charge on any atom is -0.379 e. The molecule has 3 rings (SSSR count). The molecule has 2 aromatic carbocycles. The number of carbonyl (C=O) groups is 2. The molecule has 8 nitrogen and oxygen atoms in total. The minimum atomic E-state index is -0.351. The third kappa shape index (κ3) is 7.20. The van der Waals surface area contributed by atoms with Crippen LogP contribution in [0.25, 0.3) is 0 Å². The van der Waals surface area contributed by atoms with Gasteiger partial charge in [-0.25, -0.2) is 4.79 Å². The monoisotopic (exact) mass is 453 g/mol. The van der Waals surface area contributed by atoms with Crippen LogP contribution in [-0.4, -0.2) is 70.3 Å². The van der Waals surface area contributed by atoms with Crippen LogP contribution in [0.2, 0.25) is 0 Å². The van der Waals surface area contributed by atoms with E-state index >= 15 is 0 Å². The van der Waals surface area contributed by atoms with Gasteiger partial charge < -0.3 is 25.6 Å². The highest BCUT2D eigenvalue weighted by atomic mass is 16.5. The molecule has 1 fully saturated rings. The summed E-state index contributed by atoms with van der Waals surface area (Å²) in [5, 5.41) is 8.72. The summed E-state index contributed by atoms with van der Waals surface area (Å²) >= 11 is 0. The lowest BCUT2D eigenvalue weighted by atomic mass is 10.1. The average Bonchev–Trinajstić information content (AvgIpc) is 2.79. The number of ether oxygens (including phenoxy) is 1. The maximum absolute atomic E-state index is 12.9. The fourth-order valence-corrected chi connectivity index (χ4v) is 3.85. The van der Waals surface area contributed by atoms with E-state index in [1.54, 1.807) is 12.1 Å². The van der Waals surface area contributed by atoms with Crippen molar-refractivity contribution in [3.8, 4) is 0 Å². The van der Waals surface area contributed by atoms with E-state index in [2.05, 4.69) is 20.9 Å². The molecule has 1 aliphatic rings. The van der Waals surface area contributed by atoms with E-state index in [1.165, 1.54) is 0 Å². The number of rotatable bonds is 8. The number of carbonyl (C=O) groups excluding carboxylic acids is 2. The molecule has 1 aliphatic heterocycles. The van der Waals surface area contributed by atoms with E-state index in [4.69, 9.17) is 4.74 Å². The highest BCUT2D eigenvalue weighted by Crippen LogP contribution is 2.23. The second kappa shape index (κ2) is 11.7. The number of benzene rings is 2. The van der Waals surface area contributed by atoms with E-state index in [0.717, 1.165) is 61.8 Å².